The summed E-state index contributed by atoms with van der Waals surface area (Å²) in [5.74, 6) is -1.63. The normalized spacial score (nSPS) is 20.7. The summed E-state index contributed by atoms with van der Waals surface area (Å²) in [4.78, 5) is 15.5. The number of aromatic nitrogens is 2. The smallest absolute Gasteiger partial charge is 0.413 e. The van der Waals surface area contributed by atoms with Crippen molar-refractivity contribution in [1.29, 1.82) is 0 Å². The van der Waals surface area contributed by atoms with E-state index < -0.39 is 23.3 Å². The second-order valence-corrected chi connectivity index (χ2v) is 9.09. The predicted molar refractivity (Wildman–Crippen MR) is 129 cm³/mol. The van der Waals surface area contributed by atoms with E-state index in [2.05, 4.69) is 15.1 Å². The minimum absolute atomic E-state index is 0.0934. The van der Waals surface area contributed by atoms with Crippen LogP contribution in [0.1, 0.15) is 25.3 Å². The molecule has 188 valence electrons. The summed E-state index contributed by atoms with van der Waals surface area (Å²) in [5.41, 5.74) is 1.32. The second-order valence-electron chi connectivity index (χ2n) is 9.09. The molecule has 1 aromatic heterocycles. The van der Waals surface area contributed by atoms with Crippen molar-refractivity contribution in [2.45, 2.75) is 38.0 Å². The summed E-state index contributed by atoms with van der Waals surface area (Å²) in [5, 5.41) is 18.3. The second kappa shape index (κ2) is 9.34. The number of carboxylic acid groups (broad SMARTS) is 1. The van der Waals surface area contributed by atoms with Crippen LogP contribution in [0.2, 0.25) is 0 Å². The molecule has 5 rings (SSSR count). The Morgan fingerprint density at radius 2 is 1.97 bits per heavy atom. The first-order valence-corrected chi connectivity index (χ1v) is 11.7. The molecule has 1 saturated heterocycles. The maximum absolute atomic E-state index is 14.4. The molecular weight excluding hydrogens is 470 g/mol. The molecule has 2 aromatic carbocycles. The number of nitrogens with zero attached hydrogens (tertiary/aromatic N) is 4. The Hall–Kier alpha value is -3.79. The fourth-order valence-corrected chi connectivity index (χ4v) is 5.23. The zero-order chi connectivity index (χ0) is 25.4. The number of hydrogen-bond acceptors (Lipinski definition) is 6. The lowest BCUT2D eigenvalue weighted by atomic mass is 9.89. The van der Waals surface area contributed by atoms with Crippen molar-refractivity contribution in [2.24, 2.45) is 0 Å². The zero-order valence-corrected chi connectivity index (χ0v) is 19.9. The number of amides is 1. The van der Waals surface area contributed by atoms with E-state index in [0.29, 0.717) is 31.7 Å². The Bertz CT molecular complexity index is 1290. The van der Waals surface area contributed by atoms with Crippen LogP contribution < -0.4 is 14.5 Å². The van der Waals surface area contributed by atoms with E-state index in [1.807, 2.05) is 37.3 Å². The number of rotatable bonds is 6. The van der Waals surface area contributed by atoms with E-state index in [0.717, 1.165) is 17.7 Å². The van der Waals surface area contributed by atoms with Gasteiger partial charge in [0.2, 0.25) is 0 Å². The number of halogens is 2. The molecule has 0 radical (unpaired) electrons. The molecule has 8 nitrogen and oxygen atoms in total. The lowest BCUT2D eigenvalue weighted by molar-refractivity contribution is 0.0493. The fourth-order valence-electron chi connectivity index (χ4n) is 5.23. The van der Waals surface area contributed by atoms with Crippen LogP contribution in [0.15, 0.2) is 48.5 Å². The molecule has 3 aromatic rings. The fraction of sp³-hybridized carbons (Fsp3) is 0.346. The molecule has 3 heterocycles. The Labute approximate surface area is 207 Å². The molecule has 0 saturated carbocycles. The molecule has 0 bridgehead atoms. The third kappa shape index (κ3) is 4.11. The monoisotopic (exact) mass is 496 g/mol. The molecule has 2 aliphatic heterocycles. The topological polar surface area (TPSA) is 88.0 Å². The highest BCUT2D eigenvalue weighted by atomic mass is 19.1. The standard InChI is InChI=1S/C26H26F2N4O4/c1-3-26-12-18(36-14-16-7-5-4-6-8-16)13-32(26)22-11-21(29-30-24(22)31(15-26)25(33)34)19-9-17(27)10-20(28)23(19)35-2/h4-11,18H,3,12-15H2,1-2H3,(H,33,34)/t18-,26+/m1/s1. The van der Waals surface area contributed by atoms with Crippen LogP contribution in [0, 0.1) is 11.6 Å². The number of benzene rings is 2. The Morgan fingerprint density at radius 1 is 1.19 bits per heavy atom. The van der Waals surface area contributed by atoms with Gasteiger partial charge in [0.1, 0.15) is 5.82 Å². The number of anilines is 2. The van der Waals surface area contributed by atoms with Crippen molar-refractivity contribution in [3.8, 4) is 17.0 Å². The van der Waals surface area contributed by atoms with Crippen LogP contribution in [-0.2, 0) is 11.3 Å². The SMILES string of the molecule is CC[C@@]12C[C@@H](OCc3ccccc3)CN1c1cc(-c3cc(F)cc(F)c3OC)nnc1N(C(=O)O)C2. The molecule has 1 fully saturated rings. The van der Waals surface area contributed by atoms with Gasteiger partial charge in [0.25, 0.3) is 0 Å². The quantitative estimate of drug-likeness (QED) is 0.521. The largest absolute Gasteiger partial charge is 0.493 e. The highest BCUT2D eigenvalue weighted by molar-refractivity contribution is 5.92. The van der Waals surface area contributed by atoms with Crippen molar-refractivity contribution in [3.63, 3.8) is 0 Å². The van der Waals surface area contributed by atoms with Gasteiger partial charge in [-0.05, 0) is 24.1 Å². The van der Waals surface area contributed by atoms with Gasteiger partial charge in [-0.25, -0.2) is 13.6 Å². The first kappa shape index (κ1) is 23.9. The van der Waals surface area contributed by atoms with Crippen LogP contribution in [-0.4, -0.2) is 53.2 Å². The zero-order valence-electron chi connectivity index (χ0n) is 19.9. The van der Waals surface area contributed by atoms with Crippen LogP contribution in [0.5, 0.6) is 5.75 Å². The van der Waals surface area contributed by atoms with Gasteiger partial charge in [-0.3, -0.25) is 4.90 Å². The summed E-state index contributed by atoms with van der Waals surface area (Å²) in [7, 11) is 1.29. The minimum Gasteiger partial charge on any atom is -0.493 e. The average Bonchev–Trinajstić information content (AvgIpc) is 3.26. The minimum atomic E-state index is -1.14. The molecule has 1 amide bonds. The third-order valence-electron chi connectivity index (χ3n) is 7.03. The lowest BCUT2D eigenvalue weighted by Gasteiger charge is -2.46. The first-order chi connectivity index (χ1) is 17.3. The number of ether oxygens (including phenoxy) is 2. The number of carbonyl (C=O) groups is 1. The first-order valence-electron chi connectivity index (χ1n) is 11.7. The van der Waals surface area contributed by atoms with E-state index in [-0.39, 0.29) is 35.5 Å². The van der Waals surface area contributed by atoms with Crippen molar-refractivity contribution < 1.29 is 28.2 Å². The van der Waals surface area contributed by atoms with Gasteiger partial charge >= 0.3 is 6.09 Å². The number of methoxy groups -OCH3 is 1. The molecule has 0 unspecified atom stereocenters. The summed E-state index contributed by atoms with van der Waals surface area (Å²) in [6, 6.07) is 13.3. The van der Waals surface area contributed by atoms with Gasteiger partial charge in [0, 0.05) is 19.0 Å². The van der Waals surface area contributed by atoms with E-state index in [4.69, 9.17) is 9.47 Å². The number of hydrogen-bond donors (Lipinski definition) is 1. The van der Waals surface area contributed by atoms with Gasteiger partial charge < -0.3 is 19.5 Å². The van der Waals surface area contributed by atoms with E-state index in [1.165, 1.54) is 12.0 Å². The van der Waals surface area contributed by atoms with E-state index in [1.54, 1.807) is 6.07 Å². The molecule has 2 aliphatic rings. The van der Waals surface area contributed by atoms with Gasteiger partial charge in [-0.1, -0.05) is 37.3 Å². The molecule has 10 heteroatoms. The predicted octanol–water partition coefficient (Wildman–Crippen LogP) is 4.87. The Balaban J connectivity index is 1.55. The van der Waals surface area contributed by atoms with Crippen LogP contribution in [0.4, 0.5) is 25.1 Å². The highest BCUT2D eigenvalue weighted by Crippen LogP contribution is 2.47. The Kier molecular flexibility index (Phi) is 6.21. The number of fused-ring (bicyclic) bond motifs is 3. The van der Waals surface area contributed by atoms with E-state index >= 15 is 0 Å². The Morgan fingerprint density at radius 3 is 2.67 bits per heavy atom. The third-order valence-corrected chi connectivity index (χ3v) is 7.03. The summed E-state index contributed by atoms with van der Waals surface area (Å²) < 4.78 is 39.9. The van der Waals surface area contributed by atoms with Crippen LogP contribution >= 0.6 is 0 Å². The molecular formula is C26H26F2N4O4. The highest BCUT2D eigenvalue weighted by Gasteiger charge is 2.51. The van der Waals surface area contributed by atoms with Crippen molar-refractivity contribution in [2.75, 3.05) is 30.0 Å². The van der Waals surface area contributed by atoms with Crippen molar-refractivity contribution in [1.82, 2.24) is 10.2 Å². The van der Waals surface area contributed by atoms with Crippen molar-refractivity contribution >= 4 is 17.6 Å². The van der Waals surface area contributed by atoms with E-state index in [9.17, 15) is 18.7 Å². The summed E-state index contributed by atoms with van der Waals surface area (Å²) in [6.45, 7) is 3.18. The summed E-state index contributed by atoms with van der Waals surface area (Å²) in [6.07, 6.45) is -0.00938. The molecule has 0 aliphatic carbocycles. The van der Waals surface area contributed by atoms with Gasteiger partial charge in [0.15, 0.2) is 17.4 Å². The molecule has 2 atom stereocenters. The average molecular weight is 497 g/mol. The molecule has 1 N–H and O–H groups in total. The maximum Gasteiger partial charge on any atom is 0.413 e. The van der Waals surface area contributed by atoms with Gasteiger partial charge in [0.05, 0.1) is 48.8 Å². The van der Waals surface area contributed by atoms with Crippen molar-refractivity contribution in [3.05, 3.63) is 65.7 Å². The molecule has 0 spiro atoms. The maximum atomic E-state index is 14.4. The lowest BCUT2D eigenvalue weighted by Crippen LogP contribution is -2.57. The van der Waals surface area contributed by atoms with Gasteiger partial charge in [-0.15, -0.1) is 10.2 Å². The molecule has 36 heavy (non-hydrogen) atoms. The van der Waals surface area contributed by atoms with Crippen LogP contribution in [0.25, 0.3) is 11.3 Å². The summed E-state index contributed by atoms with van der Waals surface area (Å²) >= 11 is 0. The van der Waals surface area contributed by atoms with Gasteiger partial charge in [-0.2, -0.15) is 0 Å². The van der Waals surface area contributed by atoms with Crippen LogP contribution in [0.3, 0.4) is 0 Å².